The first-order valence-electron chi connectivity index (χ1n) is 9.08. The molecular weight excluding hydrogens is 328 g/mol. The number of piperidine rings is 1. The minimum atomic E-state index is 0.194. The molecule has 0 amide bonds. The van der Waals surface area contributed by atoms with E-state index in [0.717, 1.165) is 24.5 Å². The van der Waals surface area contributed by atoms with Crippen LogP contribution in [0.5, 0.6) is 11.5 Å². The van der Waals surface area contributed by atoms with Gasteiger partial charge in [-0.25, -0.2) is 0 Å². The fourth-order valence-electron chi connectivity index (χ4n) is 3.21. The molecule has 1 aromatic carbocycles. The maximum atomic E-state index is 12.3. The fraction of sp³-hybridized carbons (Fsp3) is 0.400. The number of benzene rings is 1. The van der Waals surface area contributed by atoms with E-state index in [1.807, 2.05) is 25.2 Å². The van der Waals surface area contributed by atoms with E-state index in [0.29, 0.717) is 30.2 Å². The van der Waals surface area contributed by atoms with E-state index in [1.165, 1.54) is 19.3 Å². The standard InChI is InChI=1S/C20H26N4O2/c1-22-20-6-5-17(13-19(20)21)26-18-7-8-23-15(12-18)11-16(25)14-24-9-3-2-4-10-24/h5-8,12-13,22H,2-4,9-11,14,21H2,1H3. The van der Waals surface area contributed by atoms with E-state index < -0.39 is 0 Å². The predicted octanol–water partition coefficient (Wildman–Crippen LogP) is 3.10. The van der Waals surface area contributed by atoms with Gasteiger partial charge < -0.3 is 15.8 Å². The number of Topliss-reactive ketones (excluding diaryl/α,β-unsaturated/α-hetero) is 1. The lowest BCUT2D eigenvalue weighted by atomic mass is 10.1. The van der Waals surface area contributed by atoms with Crippen molar-refractivity contribution < 1.29 is 9.53 Å². The maximum Gasteiger partial charge on any atom is 0.152 e. The van der Waals surface area contributed by atoms with Crippen LogP contribution in [0.2, 0.25) is 0 Å². The molecule has 0 atom stereocenters. The topological polar surface area (TPSA) is 80.5 Å². The lowest BCUT2D eigenvalue weighted by Gasteiger charge is -2.25. The Labute approximate surface area is 154 Å². The molecule has 1 fully saturated rings. The smallest absolute Gasteiger partial charge is 0.152 e. The Morgan fingerprint density at radius 1 is 1.19 bits per heavy atom. The van der Waals surface area contributed by atoms with E-state index in [1.54, 1.807) is 18.3 Å². The summed E-state index contributed by atoms with van der Waals surface area (Å²) in [7, 11) is 1.82. The molecule has 1 aliphatic heterocycles. The van der Waals surface area contributed by atoms with Gasteiger partial charge in [0.15, 0.2) is 5.78 Å². The number of aromatic nitrogens is 1. The van der Waals surface area contributed by atoms with Gasteiger partial charge in [-0.3, -0.25) is 14.7 Å². The van der Waals surface area contributed by atoms with Gasteiger partial charge in [0, 0.05) is 25.4 Å². The summed E-state index contributed by atoms with van der Waals surface area (Å²) in [5.74, 6) is 1.50. The number of nitrogen functional groups attached to an aromatic ring is 1. The minimum Gasteiger partial charge on any atom is -0.457 e. The third-order valence-electron chi connectivity index (χ3n) is 4.54. The molecule has 0 spiro atoms. The Morgan fingerprint density at radius 2 is 1.96 bits per heavy atom. The number of carbonyl (C=O) groups is 1. The van der Waals surface area contributed by atoms with Crippen LogP contribution >= 0.6 is 0 Å². The quantitative estimate of drug-likeness (QED) is 0.744. The molecule has 6 heteroatoms. The van der Waals surface area contributed by atoms with Gasteiger partial charge in [-0.05, 0) is 44.1 Å². The number of nitrogens with two attached hydrogens (primary N) is 1. The van der Waals surface area contributed by atoms with Crippen LogP contribution in [-0.2, 0) is 11.2 Å². The average Bonchev–Trinajstić information content (AvgIpc) is 2.63. The minimum absolute atomic E-state index is 0.194. The molecule has 6 nitrogen and oxygen atoms in total. The fourth-order valence-corrected chi connectivity index (χ4v) is 3.21. The van der Waals surface area contributed by atoms with Gasteiger partial charge in [0.25, 0.3) is 0 Å². The lowest BCUT2D eigenvalue weighted by molar-refractivity contribution is -0.119. The van der Waals surface area contributed by atoms with Crippen LogP contribution in [0.3, 0.4) is 0 Å². The molecule has 1 saturated heterocycles. The van der Waals surface area contributed by atoms with E-state index in [4.69, 9.17) is 10.5 Å². The number of carbonyl (C=O) groups excluding carboxylic acids is 1. The average molecular weight is 354 g/mol. The van der Waals surface area contributed by atoms with E-state index in [9.17, 15) is 4.79 Å². The van der Waals surface area contributed by atoms with Crippen molar-refractivity contribution >= 4 is 17.2 Å². The number of hydrogen-bond donors (Lipinski definition) is 2. The zero-order chi connectivity index (χ0) is 18.4. The highest BCUT2D eigenvalue weighted by atomic mass is 16.5. The normalized spacial score (nSPS) is 14.8. The van der Waals surface area contributed by atoms with Gasteiger partial charge >= 0.3 is 0 Å². The number of ether oxygens (including phenoxy) is 1. The van der Waals surface area contributed by atoms with Gasteiger partial charge in [0.1, 0.15) is 11.5 Å². The highest BCUT2D eigenvalue weighted by Gasteiger charge is 2.15. The Kier molecular flexibility index (Phi) is 6.07. The van der Waals surface area contributed by atoms with Crippen LogP contribution in [-0.4, -0.2) is 42.3 Å². The first kappa shape index (κ1) is 18.2. The van der Waals surface area contributed by atoms with Crippen LogP contribution in [0.4, 0.5) is 11.4 Å². The summed E-state index contributed by atoms with van der Waals surface area (Å²) in [6.45, 7) is 2.55. The molecule has 2 aromatic rings. The highest BCUT2D eigenvalue weighted by molar-refractivity contribution is 5.82. The number of likely N-dealkylation sites (tertiary alicyclic amines) is 1. The van der Waals surface area contributed by atoms with Gasteiger partial charge in [-0.15, -0.1) is 0 Å². The highest BCUT2D eigenvalue weighted by Crippen LogP contribution is 2.28. The second-order valence-electron chi connectivity index (χ2n) is 6.64. The number of hydrogen-bond acceptors (Lipinski definition) is 6. The number of pyridine rings is 1. The second-order valence-corrected chi connectivity index (χ2v) is 6.64. The molecule has 3 rings (SSSR count). The van der Waals surface area contributed by atoms with Crippen molar-refractivity contribution in [3.63, 3.8) is 0 Å². The molecule has 0 unspecified atom stereocenters. The SMILES string of the molecule is CNc1ccc(Oc2ccnc(CC(=O)CN3CCCCC3)c2)cc1N. The summed E-state index contributed by atoms with van der Waals surface area (Å²) in [6, 6.07) is 9.09. The lowest BCUT2D eigenvalue weighted by Crippen LogP contribution is -2.35. The summed E-state index contributed by atoms with van der Waals surface area (Å²) < 4.78 is 5.86. The van der Waals surface area contributed by atoms with Gasteiger partial charge in [-0.2, -0.15) is 0 Å². The van der Waals surface area contributed by atoms with Gasteiger partial charge in [0.2, 0.25) is 0 Å². The van der Waals surface area contributed by atoms with Crippen LogP contribution in [0, 0.1) is 0 Å². The van der Waals surface area contributed by atoms with E-state index in [-0.39, 0.29) is 5.78 Å². The molecule has 1 aromatic heterocycles. The van der Waals surface area contributed by atoms with Crippen molar-refractivity contribution in [2.45, 2.75) is 25.7 Å². The van der Waals surface area contributed by atoms with Crippen molar-refractivity contribution in [1.29, 1.82) is 0 Å². The summed E-state index contributed by atoms with van der Waals surface area (Å²) in [4.78, 5) is 18.9. The van der Waals surface area contributed by atoms with Gasteiger partial charge in [0.05, 0.1) is 30.0 Å². The number of rotatable bonds is 7. The zero-order valence-electron chi connectivity index (χ0n) is 15.2. The van der Waals surface area contributed by atoms with Gasteiger partial charge in [-0.1, -0.05) is 6.42 Å². The summed E-state index contributed by atoms with van der Waals surface area (Å²) in [6.07, 6.45) is 5.64. The first-order chi connectivity index (χ1) is 12.6. The Balaban J connectivity index is 1.60. The molecule has 0 saturated carbocycles. The van der Waals surface area contributed by atoms with Crippen molar-refractivity contribution in [1.82, 2.24) is 9.88 Å². The van der Waals surface area contributed by atoms with Crippen LogP contribution < -0.4 is 15.8 Å². The molecule has 0 bridgehead atoms. The third-order valence-corrected chi connectivity index (χ3v) is 4.54. The predicted molar refractivity (Wildman–Crippen MR) is 104 cm³/mol. The molecule has 1 aliphatic rings. The van der Waals surface area contributed by atoms with Crippen molar-refractivity contribution in [3.8, 4) is 11.5 Å². The number of anilines is 2. The van der Waals surface area contributed by atoms with E-state index >= 15 is 0 Å². The Bertz CT molecular complexity index is 757. The van der Waals surface area contributed by atoms with Crippen LogP contribution in [0.25, 0.3) is 0 Å². The molecule has 3 N–H and O–H groups in total. The van der Waals surface area contributed by atoms with Crippen molar-refractivity contribution in [2.24, 2.45) is 0 Å². The molecular formula is C20H26N4O2. The number of nitrogens with zero attached hydrogens (tertiary/aromatic N) is 2. The Hall–Kier alpha value is -2.60. The summed E-state index contributed by atoms with van der Waals surface area (Å²) in [5.41, 5.74) is 8.17. The monoisotopic (exact) mass is 354 g/mol. The maximum absolute atomic E-state index is 12.3. The summed E-state index contributed by atoms with van der Waals surface area (Å²) >= 11 is 0. The number of ketones is 1. The van der Waals surface area contributed by atoms with Crippen LogP contribution in [0.15, 0.2) is 36.5 Å². The second kappa shape index (κ2) is 8.67. The summed E-state index contributed by atoms with van der Waals surface area (Å²) in [5, 5.41) is 3.02. The third kappa shape index (κ3) is 4.95. The van der Waals surface area contributed by atoms with Crippen LogP contribution in [0.1, 0.15) is 25.0 Å². The number of nitrogens with one attached hydrogen (secondary N) is 1. The van der Waals surface area contributed by atoms with Crippen molar-refractivity contribution in [3.05, 3.63) is 42.2 Å². The van der Waals surface area contributed by atoms with E-state index in [2.05, 4.69) is 15.2 Å². The first-order valence-corrected chi connectivity index (χ1v) is 9.08. The Morgan fingerprint density at radius 3 is 2.69 bits per heavy atom. The molecule has 2 heterocycles. The largest absolute Gasteiger partial charge is 0.457 e. The molecule has 0 radical (unpaired) electrons. The molecule has 0 aliphatic carbocycles. The molecule has 26 heavy (non-hydrogen) atoms. The molecule has 138 valence electrons. The zero-order valence-corrected chi connectivity index (χ0v) is 15.2. The van der Waals surface area contributed by atoms with Crippen molar-refractivity contribution in [2.75, 3.05) is 37.7 Å².